The summed E-state index contributed by atoms with van der Waals surface area (Å²) in [6, 6.07) is 9.68. The van der Waals surface area contributed by atoms with Gasteiger partial charge in [-0.15, -0.1) is 0 Å². The number of carbonyl (C=O) groups is 1. The molecule has 0 aromatic heterocycles. The molecule has 1 aliphatic rings. The first-order valence-electron chi connectivity index (χ1n) is 7.49. The number of benzene rings is 1. The summed E-state index contributed by atoms with van der Waals surface area (Å²) < 4.78 is 24.2. The fourth-order valence-electron chi connectivity index (χ4n) is 2.51. The second-order valence-corrected chi connectivity index (χ2v) is 7.48. The molecule has 7 heteroatoms. The predicted molar refractivity (Wildman–Crippen MR) is 85.9 cm³/mol. The average molecular weight is 325 g/mol. The number of amides is 2. The zero-order chi connectivity index (χ0) is 16.0. The fraction of sp³-hybridized carbons (Fsp3) is 0.533. The molecule has 1 atom stereocenters. The van der Waals surface area contributed by atoms with Crippen LogP contribution in [0.2, 0.25) is 0 Å². The van der Waals surface area contributed by atoms with Crippen LogP contribution in [0.5, 0.6) is 0 Å². The standard InChI is InChI=1S/C15H23N3O3S/c1-22(20,21)17-11-10-16-15(19)18-14(13-8-5-9-13)12-6-3-2-4-7-12/h2-4,6-7,13-14,17H,5,8-11H2,1H3,(H2,16,18,19)/t14-/m1/s1. The second kappa shape index (κ2) is 7.60. The smallest absolute Gasteiger partial charge is 0.315 e. The SMILES string of the molecule is CS(=O)(=O)NCCNC(=O)N[C@H](c1ccccc1)C1CCC1. The number of carbonyl (C=O) groups excluding carboxylic acids is 1. The minimum absolute atomic E-state index is 0.0119. The lowest BCUT2D eigenvalue weighted by Crippen LogP contribution is -2.44. The van der Waals surface area contributed by atoms with Gasteiger partial charge >= 0.3 is 6.03 Å². The van der Waals surface area contributed by atoms with Gasteiger partial charge in [0.05, 0.1) is 12.3 Å². The molecule has 1 fully saturated rings. The topological polar surface area (TPSA) is 87.3 Å². The third kappa shape index (κ3) is 5.31. The Hall–Kier alpha value is -1.60. The molecular formula is C15H23N3O3S. The lowest BCUT2D eigenvalue weighted by molar-refractivity contribution is 0.208. The Labute approximate surface area is 131 Å². The van der Waals surface area contributed by atoms with E-state index in [1.54, 1.807) is 0 Å². The summed E-state index contributed by atoms with van der Waals surface area (Å²) in [6.45, 7) is 0.441. The van der Waals surface area contributed by atoms with Gasteiger partial charge in [-0.2, -0.15) is 0 Å². The first-order chi connectivity index (χ1) is 10.5. The monoisotopic (exact) mass is 325 g/mol. The van der Waals surface area contributed by atoms with Gasteiger partial charge in [0.1, 0.15) is 0 Å². The zero-order valence-corrected chi connectivity index (χ0v) is 13.5. The van der Waals surface area contributed by atoms with Crippen molar-refractivity contribution in [3.63, 3.8) is 0 Å². The average Bonchev–Trinajstić information content (AvgIpc) is 2.41. The molecule has 1 aliphatic carbocycles. The Kier molecular flexibility index (Phi) is 5.79. The van der Waals surface area contributed by atoms with Crippen LogP contribution < -0.4 is 15.4 Å². The summed E-state index contributed by atoms with van der Waals surface area (Å²) in [4.78, 5) is 12.0. The minimum atomic E-state index is -3.22. The summed E-state index contributed by atoms with van der Waals surface area (Å²) in [6.07, 6.45) is 4.54. The predicted octanol–water partition coefficient (Wildman–Crippen LogP) is 1.38. The lowest BCUT2D eigenvalue weighted by Gasteiger charge is -2.34. The molecule has 0 radical (unpaired) electrons. The maximum Gasteiger partial charge on any atom is 0.315 e. The number of urea groups is 1. The molecule has 3 N–H and O–H groups in total. The maximum atomic E-state index is 12.0. The van der Waals surface area contributed by atoms with Gasteiger partial charge in [-0.25, -0.2) is 17.9 Å². The van der Waals surface area contributed by atoms with Crippen molar-refractivity contribution in [1.29, 1.82) is 0 Å². The highest BCUT2D eigenvalue weighted by molar-refractivity contribution is 7.88. The van der Waals surface area contributed by atoms with Gasteiger partial charge < -0.3 is 10.6 Å². The number of sulfonamides is 1. The largest absolute Gasteiger partial charge is 0.337 e. The third-order valence-electron chi connectivity index (χ3n) is 3.84. The van der Waals surface area contributed by atoms with Crippen molar-refractivity contribution in [3.05, 3.63) is 35.9 Å². The first-order valence-corrected chi connectivity index (χ1v) is 9.39. The van der Waals surface area contributed by atoms with Gasteiger partial charge in [0, 0.05) is 13.1 Å². The Morgan fingerprint density at radius 1 is 1.23 bits per heavy atom. The summed E-state index contributed by atoms with van der Waals surface area (Å²) >= 11 is 0. The minimum Gasteiger partial charge on any atom is -0.337 e. The van der Waals surface area contributed by atoms with Crippen LogP contribution in [-0.2, 0) is 10.0 Å². The lowest BCUT2D eigenvalue weighted by atomic mass is 9.77. The molecule has 1 aromatic rings. The summed E-state index contributed by atoms with van der Waals surface area (Å²) in [5, 5.41) is 5.69. The second-order valence-electron chi connectivity index (χ2n) is 5.65. The van der Waals surface area contributed by atoms with Crippen molar-refractivity contribution in [3.8, 4) is 0 Å². The van der Waals surface area contributed by atoms with E-state index >= 15 is 0 Å². The molecule has 0 bridgehead atoms. The number of nitrogens with one attached hydrogen (secondary N) is 3. The molecule has 0 saturated heterocycles. The Morgan fingerprint density at radius 2 is 1.91 bits per heavy atom. The highest BCUT2D eigenvalue weighted by Crippen LogP contribution is 2.37. The van der Waals surface area contributed by atoms with Crippen LogP contribution in [0, 0.1) is 5.92 Å². The van der Waals surface area contributed by atoms with E-state index in [2.05, 4.69) is 15.4 Å². The zero-order valence-electron chi connectivity index (χ0n) is 12.7. The molecule has 122 valence electrons. The van der Waals surface area contributed by atoms with E-state index in [0.717, 1.165) is 24.7 Å². The summed E-state index contributed by atoms with van der Waals surface area (Å²) in [7, 11) is -3.22. The van der Waals surface area contributed by atoms with Gasteiger partial charge in [0.25, 0.3) is 0 Å². The van der Waals surface area contributed by atoms with Gasteiger partial charge in [-0.05, 0) is 24.3 Å². The molecule has 0 aliphatic heterocycles. The van der Waals surface area contributed by atoms with E-state index in [0.29, 0.717) is 5.92 Å². The molecule has 6 nitrogen and oxygen atoms in total. The molecule has 2 amide bonds. The van der Waals surface area contributed by atoms with Gasteiger partial charge in [0.15, 0.2) is 0 Å². The van der Waals surface area contributed by atoms with Crippen LogP contribution in [0.3, 0.4) is 0 Å². The van der Waals surface area contributed by atoms with E-state index in [1.807, 2.05) is 30.3 Å². The molecule has 1 aromatic carbocycles. The highest BCUT2D eigenvalue weighted by atomic mass is 32.2. The van der Waals surface area contributed by atoms with Gasteiger partial charge in [-0.1, -0.05) is 36.8 Å². The van der Waals surface area contributed by atoms with Crippen LogP contribution in [0.4, 0.5) is 4.79 Å². The van der Waals surface area contributed by atoms with Crippen molar-refractivity contribution < 1.29 is 13.2 Å². The summed E-state index contributed by atoms with van der Waals surface area (Å²) in [5.74, 6) is 0.474. The molecule has 2 rings (SSSR count). The fourth-order valence-corrected chi connectivity index (χ4v) is 2.98. The molecule has 22 heavy (non-hydrogen) atoms. The van der Waals surface area contributed by atoms with E-state index in [4.69, 9.17) is 0 Å². The molecule has 0 spiro atoms. The first kappa shape index (κ1) is 16.8. The molecular weight excluding hydrogens is 302 g/mol. The van der Waals surface area contributed by atoms with Crippen LogP contribution in [0.25, 0.3) is 0 Å². The van der Waals surface area contributed by atoms with Crippen molar-refractivity contribution in [2.75, 3.05) is 19.3 Å². The number of hydrogen-bond donors (Lipinski definition) is 3. The Balaban J connectivity index is 1.84. The number of hydrogen-bond acceptors (Lipinski definition) is 3. The quantitative estimate of drug-likeness (QED) is 0.662. The van der Waals surface area contributed by atoms with Crippen LogP contribution >= 0.6 is 0 Å². The Morgan fingerprint density at radius 3 is 2.45 bits per heavy atom. The van der Waals surface area contributed by atoms with Crippen LogP contribution in [-0.4, -0.2) is 33.8 Å². The van der Waals surface area contributed by atoms with E-state index < -0.39 is 10.0 Å². The molecule has 0 unspecified atom stereocenters. The van der Waals surface area contributed by atoms with E-state index in [1.165, 1.54) is 6.42 Å². The Bertz CT molecular complexity index is 585. The van der Waals surface area contributed by atoms with Crippen LogP contribution in [0.15, 0.2) is 30.3 Å². The normalized spacial score (nSPS) is 16.6. The maximum absolute atomic E-state index is 12.0. The van der Waals surface area contributed by atoms with Crippen molar-refractivity contribution in [2.24, 2.45) is 5.92 Å². The van der Waals surface area contributed by atoms with E-state index in [9.17, 15) is 13.2 Å². The third-order valence-corrected chi connectivity index (χ3v) is 4.57. The van der Waals surface area contributed by atoms with E-state index in [-0.39, 0.29) is 25.2 Å². The molecule has 0 heterocycles. The summed E-state index contributed by atoms with van der Waals surface area (Å²) in [5.41, 5.74) is 1.11. The molecule has 1 saturated carbocycles. The van der Waals surface area contributed by atoms with Crippen molar-refractivity contribution in [2.45, 2.75) is 25.3 Å². The van der Waals surface area contributed by atoms with Gasteiger partial charge in [0.2, 0.25) is 10.0 Å². The van der Waals surface area contributed by atoms with Crippen molar-refractivity contribution in [1.82, 2.24) is 15.4 Å². The van der Waals surface area contributed by atoms with Crippen LogP contribution in [0.1, 0.15) is 30.9 Å². The van der Waals surface area contributed by atoms with Crippen molar-refractivity contribution >= 4 is 16.1 Å². The van der Waals surface area contributed by atoms with Gasteiger partial charge in [-0.3, -0.25) is 0 Å². The highest BCUT2D eigenvalue weighted by Gasteiger charge is 2.29. The number of rotatable bonds is 7.